The Labute approximate surface area is 343 Å². The number of carbonyl (C=O) groups is 5. The van der Waals surface area contributed by atoms with E-state index in [0.29, 0.717) is 107 Å². The number of benzene rings is 2. The first-order valence-electron chi connectivity index (χ1n) is 19.7. The standard InChI is InChI=1S/C40H46FN9O10/c1-56-30-7-3-5-26(41)34(30)36-43-24-28-35(45-36)37(47-46-28)49-14-12-48(13-15-49)32(52)10-16-57-18-20-59-22-23-60-21-19-58-17-11-42-27-6-2-4-25-33(27)40(55)50(39(25)54)29-8-9-31(51)44-38(29)53/h2-7,24,29,42H,8-23H2,1H3,(H,46,47)(H,44,51,53). The van der Waals surface area contributed by atoms with Gasteiger partial charge in [0.25, 0.3) is 11.8 Å². The van der Waals surface area contributed by atoms with Gasteiger partial charge in [0.1, 0.15) is 28.6 Å². The maximum absolute atomic E-state index is 14.7. The number of fused-ring (bicyclic) bond motifs is 2. The molecule has 20 heteroatoms. The number of anilines is 2. The van der Waals surface area contributed by atoms with E-state index in [1.165, 1.54) is 13.2 Å². The smallest absolute Gasteiger partial charge is 0.264 e. The number of piperidine rings is 1. The number of nitrogens with zero attached hydrogens (tertiary/aromatic N) is 6. The van der Waals surface area contributed by atoms with Crippen LogP contribution in [0.25, 0.3) is 22.4 Å². The minimum absolute atomic E-state index is 0.00125. The van der Waals surface area contributed by atoms with Crippen LogP contribution in [-0.2, 0) is 33.3 Å². The molecule has 2 saturated heterocycles. The van der Waals surface area contributed by atoms with Crippen molar-refractivity contribution in [2.45, 2.75) is 25.3 Å². The number of carbonyl (C=O) groups excluding carboxylic acids is 5. The van der Waals surface area contributed by atoms with Crippen molar-refractivity contribution >= 4 is 52.1 Å². The van der Waals surface area contributed by atoms with Crippen molar-refractivity contribution in [3.63, 3.8) is 0 Å². The fourth-order valence-electron chi connectivity index (χ4n) is 7.20. The van der Waals surface area contributed by atoms with Crippen molar-refractivity contribution in [3.05, 3.63) is 59.5 Å². The molecule has 3 aliphatic heterocycles. The molecule has 2 aromatic heterocycles. The first-order valence-corrected chi connectivity index (χ1v) is 19.7. The van der Waals surface area contributed by atoms with Crippen LogP contribution >= 0.6 is 0 Å². The van der Waals surface area contributed by atoms with Crippen LogP contribution in [0.3, 0.4) is 0 Å². The molecule has 1 atom stereocenters. The van der Waals surface area contributed by atoms with Crippen LogP contribution in [0.4, 0.5) is 15.9 Å². The molecule has 0 spiro atoms. The highest BCUT2D eigenvalue weighted by molar-refractivity contribution is 6.25. The molecule has 4 aromatic rings. The number of methoxy groups -OCH3 is 1. The average molecular weight is 832 g/mol. The predicted molar refractivity (Wildman–Crippen MR) is 212 cm³/mol. The van der Waals surface area contributed by atoms with Gasteiger partial charge in [-0.1, -0.05) is 12.1 Å². The SMILES string of the molecule is COc1cccc(F)c1-c1ncc2[nH]nc(N3CCN(C(=O)CCOCCOCCOCCOCCNc4cccc5c4C(=O)N(C4CCC(=O)NC4=O)C5=O)CC3)c2n1. The van der Waals surface area contributed by atoms with E-state index in [4.69, 9.17) is 23.7 Å². The Morgan fingerprint density at radius 3 is 2.28 bits per heavy atom. The molecule has 5 heterocycles. The molecule has 0 saturated carbocycles. The minimum Gasteiger partial charge on any atom is -0.496 e. The molecule has 2 fully saturated rings. The highest BCUT2D eigenvalue weighted by atomic mass is 19.1. The number of nitrogens with one attached hydrogen (secondary N) is 3. The van der Waals surface area contributed by atoms with Gasteiger partial charge in [0.2, 0.25) is 17.7 Å². The van der Waals surface area contributed by atoms with Gasteiger partial charge in [0, 0.05) is 44.8 Å². The van der Waals surface area contributed by atoms with E-state index < -0.39 is 35.5 Å². The van der Waals surface area contributed by atoms with E-state index in [-0.39, 0.29) is 54.3 Å². The maximum atomic E-state index is 14.7. The fourth-order valence-corrected chi connectivity index (χ4v) is 7.20. The molecule has 3 aliphatic rings. The summed E-state index contributed by atoms with van der Waals surface area (Å²) in [6.45, 7) is 5.17. The van der Waals surface area contributed by atoms with Crippen molar-refractivity contribution in [2.24, 2.45) is 0 Å². The Morgan fingerprint density at radius 1 is 0.867 bits per heavy atom. The summed E-state index contributed by atoms with van der Waals surface area (Å²) in [4.78, 5) is 76.6. The predicted octanol–water partition coefficient (Wildman–Crippen LogP) is 1.79. The third-order valence-corrected chi connectivity index (χ3v) is 10.2. The van der Waals surface area contributed by atoms with Crippen LogP contribution in [0, 0.1) is 5.82 Å². The second kappa shape index (κ2) is 19.8. The largest absolute Gasteiger partial charge is 0.496 e. The Balaban J connectivity index is 0.710. The monoisotopic (exact) mass is 831 g/mol. The second-order valence-electron chi connectivity index (χ2n) is 14.0. The molecule has 3 N–H and O–H groups in total. The molecule has 19 nitrogen and oxygen atoms in total. The zero-order chi connectivity index (χ0) is 42.0. The topological polar surface area (TPSA) is 220 Å². The molecule has 0 aliphatic carbocycles. The van der Waals surface area contributed by atoms with Crippen LogP contribution in [0.5, 0.6) is 5.75 Å². The van der Waals surface area contributed by atoms with Crippen molar-refractivity contribution in [1.29, 1.82) is 0 Å². The van der Waals surface area contributed by atoms with Crippen LogP contribution in [0.1, 0.15) is 40.0 Å². The molecule has 7 rings (SSSR count). The summed E-state index contributed by atoms with van der Waals surface area (Å²) in [5.74, 6) is -1.58. The number of hydrogen-bond donors (Lipinski definition) is 3. The molecule has 0 radical (unpaired) electrons. The second-order valence-corrected chi connectivity index (χ2v) is 14.0. The summed E-state index contributed by atoms with van der Waals surface area (Å²) in [6.07, 6.45) is 1.96. The third kappa shape index (κ3) is 9.52. The van der Waals surface area contributed by atoms with Crippen LogP contribution < -0.4 is 20.3 Å². The first-order chi connectivity index (χ1) is 29.2. The number of aromatic amines is 1. The minimum atomic E-state index is -1.03. The number of halogens is 1. The molecular weight excluding hydrogens is 785 g/mol. The molecule has 0 bridgehead atoms. The zero-order valence-electron chi connectivity index (χ0n) is 33.1. The highest BCUT2D eigenvalue weighted by Crippen LogP contribution is 2.34. The molecule has 318 valence electrons. The summed E-state index contributed by atoms with van der Waals surface area (Å²) < 4.78 is 42.4. The zero-order valence-corrected chi connectivity index (χ0v) is 33.1. The van der Waals surface area contributed by atoms with Gasteiger partial charge in [-0.2, -0.15) is 5.10 Å². The number of ether oxygens (including phenoxy) is 5. The summed E-state index contributed by atoms with van der Waals surface area (Å²) in [5.41, 5.74) is 2.20. The van der Waals surface area contributed by atoms with Gasteiger partial charge >= 0.3 is 0 Å². The third-order valence-electron chi connectivity index (χ3n) is 10.2. The van der Waals surface area contributed by atoms with Crippen molar-refractivity contribution in [3.8, 4) is 17.1 Å². The molecule has 60 heavy (non-hydrogen) atoms. The van der Waals surface area contributed by atoms with Crippen molar-refractivity contribution in [2.75, 3.05) is 103 Å². The van der Waals surface area contributed by atoms with Crippen molar-refractivity contribution in [1.82, 2.24) is 35.3 Å². The summed E-state index contributed by atoms with van der Waals surface area (Å²) in [6, 6.07) is 8.40. The lowest BCUT2D eigenvalue weighted by Gasteiger charge is -2.34. The molecule has 5 amide bonds. The van der Waals surface area contributed by atoms with E-state index in [1.807, 2.05) is 4.90 Å². The Hall–Kier alpha value is -6.09. The maximum Gasteiger partial charge on any atom is 0.264 e. The van der Waals surface area contributed by atoms with Gasteiger partial charge in [-0.15, -0.1) is 0 Å². The lowest BCUT2D eigenvalue weighted by molar-refractivity contribution is -0.136. The Kier molecular flexibility index (Phi) is 13.9. The molecule has 1 unspecified atom stereocenters. The number of hydrogen-bond acceptors (Lipinski definition) is 15. The van der Waals surface area contributed by atoms with Gasteiger partial charge in [-0.25, -0.2) is 14.4 Å². The van der Waals surface area contributed by atoms with Gasteiger partial charge in [-0.05, 0) is 30.7 Å². The summed E-state index contributed by atoms with van der Waals surface area (Å²) >= 11 is 0. The van der Waals surface area contributed by atoms with Crippen LogP contribution in [0.2, 0.25) is 0 Å². The number of piperazine rings is 1. The number of rotatable bonds is 20. The lowest BCUT2D eigenvalue weighted by Crippen LogP contribution is -2.54. The average Bonchev–Trinajstić information content (AvgIpc) is 3.79. The van der Waals surface area contributed by atoms with E-state index in [0.717, 1.165) is 4.90 Å². The lowest BCUT2D eigenvalue weighted by atomic mass is 10.0. The highest BCUT2D eigenvalue weighted by Gasteiger charge is 2.45. The number of aromatic nitrogens is 4. The summed E-state index contributed by atoms with van der Waals surface area (Å²) in [5, 5.41) is 12.7. The first kappa shape index (κ1) is 42.0. The van der Waals surface area contributed by atoms with Crippen LogP contribution in [-0.4, -0.2) is 158 Å². The summed E-state index contributed by atoms with van der Waals surface area (Å²) in [7, 11) is 1.46. The fraction of sp³-hybridized carbons (Fsp3) is 0.450. The van der Waals surface area contributed by atoms with Gasteiger partial charge in [-0.3, -0.25) is 39.3 Å². The van der Waals surface area contributed by atoms with Gasteiger partial charge in [0.05, 0.1) is 89.3 Å². The number of imide groups is 2. The van der Waals surface area contributed by atoms with Crippen LogP contribution in [0.15, 0.2) is 42.6 Å². The van der Waals surface area contributed by atoms with E-state index in [9.17, 15) is 28.4 Å². The van der Waals surface area contributed by atoms with E-state index in [2.05, 4.69) is 30.8 Å². The van der Waals surface area contributed by atoms with Gasteiger partial charge < -0.3 is 38.8 Å². The van der Waals surface area contributed by atoms with E-state index in [1.54, 1.807) is 41.4 Å². The number of amides is 5. The Morgan fingerprint density at radius 2 is 1.57 bits per heavy atom. The Bertz CT molecular complexity index is 2210. The van der Waals surface area contributed by atoms with E-state index >= 15 is 0 Å². The number of H-pyrrole nitrogens is 1. The molecular formula is C40H46FN9O10. The molecule has 2 aromatic carbocycles. The van der Waals surface area contributed by atoms with Crippen molar-refractivity contribution < 1.29 is 52.0 Å². The van der Waals surface area contributed by atoms with Gasteiger partial charge in [0.15, 0.2) is 11.6 Å². The quantitative estimate of drug-likeness (QED) is 0.0854. The normalized spacial score (nSPS) is 16.8.